The highest BCUT2D eigenvalue weighted by molar-refractivity contribution is 5.67. The van der Waals surface area contributed by atoms with Gasteiger partial charge in [0.15, 0.2) is 0 Å². The number of methoxy groups -OCH3 is 1. The molecule has 2 aliphatic heterocycles. The molecule has 2 aromatic heterocycles. The van der Waals surface area contributed by atoms with Crippen molar-refractivity contribution in [2.24, 2.45) is 5.41 Å². The first-order valence-corrected chi connectivity index (χ1v) is 9.19. The van der Waals surface area contributed by atoms with Gasteiger partial charge in [0.2, 0.25) is 0 Å². The van der Waals surface area contributed by atoms with Crippen molar-refractivity contribution in [3.63, 3.8) is 0 Å². The van der Waals surface area contributed by atoms with Gasteiger partial charge in [0.1, 0.15) is 17.3 Å². The lowest BCUT2D eigenvalue weighted by molar-refractivity contribution is 0.235. The fourth-order valence-corrected chi connectivity index (χ4v) is 4.59. The van der Waals surface area contributed by atoms with Gasteiger partial charge in [0, 0.05) is 30.5 Å². The van der Waals surface area contributed by atoms with E-state index in [9.17, 15) is 0 Å². The molecule has 4 heterocycles. The van der Waals surface area contributed by atoms with E-state index in [1.165, 1.54) is 17.9 Å². The van der Waals surface area contributed by atoms with Crippen LogP contribution in [0.15, 0.2) is 53.3 Å². The van der Waals surface area contributed by atoms with Crippen LogP contribution in [0, 0.1) is 5.41 Å². The van der Waals surface area contributed by atoms with Crippen molar-refractivity contribution in [3.8, 4) is 17.0 Å². The van der Waals surface area contributed by atoms with E-state index >= 15 is 0 Å². The van der Waals surface area contributed by atoms with Gasteiger partial charge in [0.25, 0.3) is 0 Å². The standard InChI is InChI=1S/C21H23N3O2/c1-25-19-7-3-2-6-17(19)18-12-22-20-11-21(15-24(18)20)8-9-23(14-21)13-16-5-4-10-26-16/h2-7,10,12H,8-9,11,13-15H2,1H3/t21-/m1/s1. The average molecular weight is 349 g/mol. The zero-order chi connectivity index (χ0) is 17.6. The molecule has 0 radical (unpaired) electrons. The van der Waals surface area contributed by atoms with Gasteiger partial charge in [-0.2, -0.15) is 0 Å². The summed E-state index contributed by atoms with van der Waals surface area (Å²) in [6.07, 6.45) is 6.01. The first-order chi connectivity index (χ1) is 12.8. The van der Waals surface area contributed by atoms with E-state index < -0.39 is 0 Å². The molecule has 5 heteroatoms. The van der Waals surface area contributed by atoms with Crippen LogP contribution in [-0.4, -0.2) is 34.7 Å². The fourth-order valence-electron chi connectivity index (χ4n) is 4.59. The molecular formula is C21H23N3O2. The molecule has 0 saturated carbocycles. The summed E-state index contributed by atoms with van der Waals surface area (Å²) < 4.78 is 13.5. The van der Waals surface area contributed by atoms with E-state index in [4.69, 9.17) is 14.1 Å². The van der Waals surface area contributed by atoms with E-state index in [-0.39, 0.29) is 0 Å². The van der Waals surface area contributed by atoms with Gasteiger partial charge < -0.3 is 13.7 Å². The molecule has 3 aromatic rings. The molecule has 1 atom stereocenters. The summed E-state index contributed by atoms with van der Waals surface area (Å²) in [6.45, 7) is 4.15. The van der Waals surface area contributed by atoms with Crippen LogP contribution in [0.1, 0.15) is 18.0 Å². The van der Waals surface area contributed by atoms with Gasteiger partial charge in [-0.05, 0) is 37.2 Å². The molecule has 5 rings (SSSR count). The second-order valence-corrected chi connectivity index (χ2v) is 7.56. The van der Waals surface area contributed by atoms with E-state index in [0.717, 1.165) is 49.7 Å². The van der Waals surface area contributed by atoms with Crippen LogP contribution >= 0.6 is 0 Å². The van der Waals surface area contributed by atoms with E-state index in [1.54, 1.807) is 13.4 Å². The molecule has 26 heavy (non-hydrogen) atoms. The van der Waals surface area contributed by atoms with Crippen LogP contribution in [0.5, 0.6) is 5.75 Å². The summed E-state index contributed by atoms with van der Waals surface area (Å²) in [7, 11) is 1.73. The fraction of sp³-hybridized carbons (Fsp3) is 0.381. The summed E-state index contributed by atoms with van der Waals surface area (Å²) >= 11 is 0. The first-order valence-electron chi connectivity index (χ1n) is 9.19. The first kappa shape index (κ1) is 15.7. The average Bonchev–Trinajstić information content (AvgIpc) is 3.42. The predicted molar refractivity (Wildman–Crippen MR) is 99.0 cm³/mol. The SMILES string of the molecule is COc1ccccc1-c1cnc2n1C[C@]1(CCN(Cc3ccco3)C1)C2. The minimum absolute atomic E-state index is 0.299. The highest BCUT2D eigenvalue weighted by Gasteiger charge is 2.44. The monoisotopic (exact) mass is 349 g/mol. The zero-order valence-electron chi connectivity index (χ0n) is 15.0. The summed E-state index contributed by atoms with van der Waals surface area (Å²) in [5.41, 5.74) is 2.59. The smallest absolute Gasteiger partial charge is 0.128 e. The zero-order valence-corrected chi connectivity index (χ0v) is 15.0. The van der Waals surface area contributed by atoms with Gasteiger partial charge in [-0.1, -0.05) is 12.1 Å². The highest BCUT2D eigenvalue weighted by atomic mass is 16.5. The Hall–Kier alpha value is -2.53. The number of furan rings is 1. The Balaban J connectivity index is 1.38. The largest absolute Gasteiger partial charge is 0.496 e. The summed E-state index contributed by atoms with van der Waals surface area (Å²) in [5.74, 6) is 3.15. The Morgan fingerprint density at radius 3 is 2.96 bits per heavy atom. The number of likely N-dealkylation sites (tertiary alicyclic amines) is 1. The van der Waals surface area contributed by atoms with E-state index in [0.29, 0.717) is 5.41 Å². The van der Waals surface area contributed by atoms with Crippen molar-refractivity contribution >= 4 is 0 Å². The maximum absolute atomic E-state index is 5.56. The quantitative estimate of drug-likeness (QED) is 0.722. The predicted octanol–water partition coefficient (Wildman–Crippen LogP) is 3.60. The third kappa shape index (κ3) is 2.54. The number of hydrogen-bond donors (Lipinski definition) is 0. The molecule has 0 amide bonds. The molecule has 0 N–H and O–H groups in total. The lowest BCUT2D eigenvalue weighted by atomic mass is 9.86. The molecule has 1 aromatic carbocycles. The molecule has 0 unspecified atom stereocenters. The lowest BCUT2D eigenvalue weighted by Crippen LogP contribution is -2.28. The van der Waals surface area contributed by atoms with Crippen LogP contribution in [0.3, 0.4) is 0 Å². The van der Waals surface area contributed by atoms with E-state index in [2.05, 4.69) is 27.7 Å². The third-order valence-electron chi connectivity index (χ3n) is 5.82. The van der Waals surface area contributed by atoms with Gasteiger partial charge in [-0.3, -0.25) is 4.90 Å². The van der Waals surface area contributed by atoms with E-state index in [1.807, 2.05) is 24.4 Å². The van der Waals surface area contributed by atoms with Crippen LogP contribution in [0.25, 0.3) is 11.3 Å². The third-order valence-corrected chi connectivity index (χ3v) is 5.82. The number of imidazole rings is 1. The molecule has 1 fully saturated rings. The van der Waals surface area contributed by atoms with Crippen molar-refractivity contribution in [3.05, 3.63) is 60.4 Å². The second kappa shape index (κ2) is 6.02. The Bertz CT molecular complexity index is 915. The number of fused-ring (bicyclic) bond motifs is 1. The Kier molecular flexibility index (Phi) is 3.64. The lowest BCUT2D eigenvalue weighted by Gasteiger charge is -2.23. The van der Waals surface area contributed by atoms with Crippen LogP contribution in [-0.2, 0) is 19.5 Å². The normalized spacial score (nSPS) is 22.2. The Morgan fingerprint density at radius 2 is 2.12 bits per heavy atom. The highest BCUT2D eigenvalue weighted by Crippen LogP contribution is 2.43. The number of benzene rings is 1. The Labute approximate surface area is 153 Å². The topological polar surface area (TPSA) is 43.4 Å². The number of ether oxygens (including phenoxy) is 1. The number of rotatable bonds is 4. The van der Waals surface area contributed by atoms with Gasteiger partial charge in [-0.15, -0.1) is 0 Å². The minimum Gasteiger partial charge on any atom is -0.496 e. The van der Waals surface area contributed by atoms with Crippen LogP contribution < -0.4 is 4.74 Å². The van der Waals surface area contributed by atoms with Gasteiger partial charge >= 0.3 is 0 Å². The van der Waals surface area contributed by atoms with Crippen LogP contribution in [0.2, 0.25) is 0 Å². The molecular weight excluding hydrogens is 326 g/mol. The second-order valence-electron chi connectivity index (χ2n) is 7.56. The molecule has 1 saturated heterocycles. The molecule has 1 spiro atoms. The summed E-state index contributed by atoms with van der Waals surface area (Å²) in [4.78, 5) is 7.25. The van der Waals surface area contributed by atoms with Gasteiger partial charge in [-0.25, -0.2) is 4.98 Å². The van der Waals surface area contributed by atoms with Crippen molar-refractivity contribution in [1.29, 1.82) is 0 Å². The number of para-hydroxylation sites is 1. The minimum atomic E-state index is 0.299. The number of aromatic nitrogens is 2. The van der Waals surface area contributed by atoms with Crippen molar-refractivity contribution in [2.75, 3.05) is 20.2 Å². The maximum Gasteiger partial charge on any atom is 0.128 e. The van der Waals surface area contributed by atoms with Crippen molar-refractivity contribution < 1.29 is 9.15 Å². The molecule has 0 bridgehead atoms. The van der Waals surface area contributed by atoms with Gasteiger partial charge in [0.05, 0.1) is 31.8 Å². The molecule has 134 valence electrons. The molecule has 0 aliphatic carbocycles. The molecule has 5 nitrogen and oxygen atoms in total. The van der Waals surface area contributed by atoms with Crippen molar-refractivity contribution in [1.82, 2.24) is 14.5 Å². The maximum atomic E-state index is 5.56. The molecule has 2 aliphatic rings. The van der Waals surface area contributed by atoms with Crippen molar-refractivity contribution in [2.45, 2.75) is 25.9 Å². The number of nitrogens with zero attached hydrogens (tertiary/aromatic N) is 3. The van der Waals surface area contributed by atoms with Crippen LogP contribution in [0.4, 0.5) is 0 Å². The summed E-state index contributed by atoms with van der Waals surface area (Å²) in [6, 6.07) is 12.2. The summed E-state index contributed by atoms with van der Waals surface area (Å²) in [5, 5.41) is 0. The Morgan fingerprint density at radius 1 is 1.19 bits per heavy atom. The number of hydrogen-bond acceptors (Lipinski definition) is 4.